The average Bonchev–Trinajstić information content (AvgIpc) is 3.21. The predicted octanol–water partition coefficient (Wildman–Crippen LogP) is 11.0. The van der Waals surface area contributed by atoms with Crippen molar-refractivity contribution in [2.24, 2.45) is 0 Å². The Balaban J connectivity index is 1.55. The first-order valence-electron chi connectivity index (χ1n) is 25.5. The van der Waals surface area contributed by atoms with Crippen molar-refractivity contribution in [1.82, 2.24) is 0 Å². The van der Waals surface area contributed by atoms with Crippen LogP contribution in [0.5, 0.6) is 17.2 Å². The Morgan fingerprint density at radius 2 is 1.25 bits per heavy atom. The number of rotatable bonds is 3. The summed E-state index contributed by atoms with van der Waals surface area (Å²) in [6.07, 6.45) is 0. The molecule has 6 aromatic rings. The lowest BCUT2D eigenvalue weighted by Gasteiger charge is -2.39. The summed E-state index contributed by atoms with van der Waals surface area (Å²) in [5, 5.41) is 1.47. The zero-order valence-electron chi connectivity index (χ0n) is 46.2. The summed E-state index contributed by atoms with van der Waals surface area (Å²) in [6.45, 7) is -13.1. The smallest absolute Gasteiger partial charge is 0.277 e. The lowest BCUT2D eigenvalue weighted by atomic mass is 9.74. The van der Waals surface area contributed by atoms with Crippen molar-refractivity contribution in [3.05, 3.63) is 149 Å². The quantitative estimate of drug-likeness (QED) is 0.169. The normalized spacial score (nSPS) is 24.8. The summed E-state index contributed by atoms with van der Waals surface area (Å²) in [5.74, 6) is -0.136. The summed E-state index contributed by atoms with van der Waals surface area (Å²) in [5.41, 5.74) is -6.52. The molecule has 51 heavy (non-hydrogen) atoms. The molecule has 0 N–H and O–H groups in total. The number of ether oxygens (including phenoxy) is 1. The van der Waals surface area contributed by atoms with Crippen LogP contribution in [0.2, 0.25) is 19.6 Å². The molecule has 0 aromatic heterocycles. The first kappa shape index (κ1) is 19.0. The van der Waals surface area contributed by atoms with Gasteiger partial charge in [0.1, 0.15) is 17.2 Å². The van der Waals surface area contributed by atoms with Gasteiger partial charge in [-0.1, -0.05) is 123 Å². The zero-order chi connectivity index (χ0) is 50.9. The number of para-hydroxylation sites is 3. The van der Waals surface area contributed by atoms with Crippen LogP contribution in [0, 0.1) is 27.4 Å². The van der Waals surface area contributed by atoms with Crippen LogP contribution in [0.4, 0.5) is 0 Å². The molecular weight excluding hydrogens is 673 g/mol. The van der Waals surface area contributed by atoms with Crippen LogP contribution < -0.4 is 24.7 Å². The summed E-state index contributed by atoms with van der Waals surface area (Å²) < 4.78 is 175. The third kappa shape index (κ3) is 5.27. The molecule has 6 aromatic carbocycles. The van der Waals surface area contributed by atoms with E-state index >= 15 is 0 Å². The fourth-order valence-electron chi connectivity index (χ4n) is 7.48. The first-order valence-corrected chi connectivity index (χ1v) is 23.5. The molecule has 1 unspecified atom stereocenters. The highest BCUT2D eigenvalue weighted by atomic mass is 32.4. The van der Waals surface area contributed by atoms with Crippen LogP contribution in [0.3, 0.4) is 0 Å². The second kappa shape index (κ2) is 12.1. The second-order valence-corrected chi connectivity index (χ2v) is 24.2. The summed E-state index contributed by atoms with van der Waals surface area (Å²) in [6, 6.07) is 29.1. The van der Waals surface area contributed by atoms with Gasteiger partial charge < -0.3 is 9.16 Å². The van der Waals surface area contributed by atoms with Gasteiger partial charge in [0.25, 0.3) is 8.32 Å². The van der Waals surface area contributed by atoms with Gasteiger partial charge in [0.05, 0.1) is 0 Å². The van der Waals surface area contributed by atoms with E-state index in [4.69, 9.17) is 25.6 Å². The maximum atomic E-state index is 9.32. The molecule has 2 heterocycles. The van der Waals surface area contributed by atoms with Crippen LogP contribution in [0.25, 0.3) is 22.3 Å². The van der Waals surface area contributed by atoms with Crippen LogP contribution in [0.15, 0.2) is 120 Å². The van der Waals surface area contributed by atoms with E-state index in [-0.39, 0.29) is 44.3 Å². The van der Waals surface area contributed by atoms with Gasteiger partial charge >= 0.3 is 0 Å². The number of benzene rings is 6. The topological polar surface area (TPSA) is 18.5 Å². The van der Waals surface area contributed by atoms with Crippen molar-refractivity contribution in [2.45, 2.75) is 71.1 Å². The molecule has 1 atom stereocenters. The third-order valence-corrected chi connectivity index (χ3v) is 19.7. The number of hydrogen-bond acceptors (Lipinski definition) is 3. The molecule has 0 bridgehead atoms. The highest BCUT2D eigenvalue weighted by molar-refractivity contribution is 8.31. The molecule has 2 aliphatic rings. The minimum Gasteiger partial charge on any atom is -0.540 e. The Labute approximate surface area is 335 Å². The Hall–Kier alpha value is -4.30. The van der Waals surface area contributed by atoms with E-state index in [0.717, 1.165) is 16.1 Å². The molecule has 0 spiro atoms. The van der Waals surface area contributed by atoms with Gasteiger partial charge in [0, 0.05) is 51.7 Å². The first-order chi connectivity index (χ1) is 31.7. The molecule has 8 rings (SSSR count). The van der Waals surface area contributed by atoms with Crippen molar-refractivity contribution in [3.63, 3.8) is 0 Å². The van der Waals surface area contributed by atoms with E-state index in [1.165, 1.54) is 71.9 Å². The molecule has 0 saturated heterocycles. The Morgan fingerprint density at radius 3 is 2.02 bits per heavy atom. The van der Waals surface area contributed by atoms with E-state index in [9.17, 15) is 8.22 Å². The molecule has 5 heteroatoms. The van der Waals surface area contributed by atoms with Crippen molar-refractivity contribution >= 4 is 42.3 Å². The van der Waals surface area contributed by atoms with Gasteiger partial charge in [-0.05, 0) is 108 Å². The molecule has 0 saturated carbocycles. The minimum atomic E-state index is -3.85. The molecule has 0 radical (unpaired) electrons. The maximum absolute atomic E-state index is 9.32. The summed E-state index contributed by atoms with van der Waals surface area (Å²) in [4.78, 5) is 0.768. The molecule has 0 aliphatic carbocycles. The van der Waals surface area contributed by atoms with E-state index in [0.29, 0.717) is 10.9 Å². The monoisotopic (exact) mass is 736 g/mol. The van der Waals surface area contributed by atoms with Crippen molar-refractivity contribution in [3.8, 4) is 39.5 Å². The van der Waals surface area contributed by atoms with Crippen molar-refractivity contribution in [1.29, 1.82) is 0 Å². The van der Waals surface area contributed by atoms with Crippen LogP contribution in [-0.2, 0) is 5.41 Å². The molecule has 2 nitrogen and oxygen atoms in total. The number of hydrogen-bond donors (Lipinski definition) is 0. The van der Waals surface area contributed by atoms with E-state index in [1.54, 1.807) is 24.3 Å². The average molecular weight is 737 g/mol. The standard InChI is InChI=1S/C46H46O2SSi2/c1-29-25-27-33(31(3)43(29)35-17-16-19-37-44(35)47-38-20-11-10-18-36(38)46(37,5)6)34-28-26-30(2)45(32(34)4)51(9)41-23-14-12-21-39(41)48-50(7,8)42-24-15-13-22-40(42)49-51/h10-28H,1-9H3/i1D3,2D3,3D3,4D3,5D3,6D3. The van der Waals surface area contributed by atoms with Gasteiger partial charge in [-0.2, -0.15) is 0 Å². The van der Waals surface area contributed by atoms with Crippen LogP contribution >= 0.6 is 11.2 Å². The van der Waals surface area contributed by atoms with Gasteiger partial charge in [0.2, 0.25) is 0 Å². The molecular formula is C46H46O2SSi2. The molecule has 256 valence electrons. The molecule has 2 aliphatic heterocycles. The van der Waals surface area contributed by atoms with E-state index in [2.05, 4.69) is 0 Å². The minimum absolute atomic E-state index is 0.0210. The van der Waals surface area contributed by atoms with E-state index < -0.39 is 90.1 Å². The lowest BCUT2D eigenvalue weighted by molar-refractivity contribution is 0.419. The highest BCUT2D eigenvalue weighted by Gasteiger charge is 2.44. The van der Waals surface area contributed by atoms with Crippen molar-refractivity contribution < 1.29 is 33.8 Å². The summed E-state index contributed by atoms with van der Waals surface area (Å²) >= 11 is 1.38. The SMILES string of the molecule is [2H]C([2H])([2H])c1ccc(-c2ccc(C([2H])([2H])[2H])c([Si]3(C)Sc4ccccc4[Si](C)(C)Oc4ccccc43)c2C([2H])([2H])[2H])c(C([2H])([2H])[2H])c1-c1cccc2c1Oc1ccccc1C2(C([2H])([2H])[2H])C([2H])([2H])[2H]. The molecule has 0 amide bonds. The van der Waals surface area contributed by atoms with Gasteiger partial charge in [-0.25, -0.2) is 0 Å². The van der Waals surface area contributed by atoms with Crippen LogP contribution in [0.1, 0.15) is 71.8 Å². The van der Waals surface area contributed by atoms with Gasteiger partial charge in [0.15, 0.2) is 7.22 Å². The fraction of sp³-hybridized carbons (Fsp3) is 0.217. The third-order valence-electron chi connectivity index (χ3n) is 9.99. The Morgan fingerprint density at radius 1 is 0.588 bits per heavy atom. The Kier molecular flexibility index (Phi) is 4.52. The maximum Gasteiger partial charge on any atom is 0.277 e. The lowest BCUT2D eigenvalue weighted by Crippen LogP contribution is -2.60. The molecule has 0 fully saturated rings. The van der Waals surface area contributed by atoms with Crippen LogP contribution in [-0.4, -0.2) is 15.5 Å². The Bertz CT molecular complexity index is 3010. The number of aryl methyl sites for hydroxylation is 2. The highest BCUT2D eigenvalue weighted by Crippen LogP contribution is 2.52. The van der Waals surface area contributed by atoms with Gasteiger partial charge in [-0.15, -0.1) is 11.2 Å². The largest absolute Gasteiger partial charge is 0.540 e. The number of fused-ring (bicyclic) bond motifs is 4. The van der Waals surface area contributed by atoms with Gasteiger partial charge in [-0.3, -0.25) is 0 Å². The predicted molar refractivity (Wildman–Crippen MR) is 222 cm³/mol. The van der Waals surface area contributed by atoms with Crippen molar-refractivity contribution in [2.75, 3.05) is 0 Å². The summed E-state index contributed by atoms with van der Waals surface area (Å²) in [7, 11) is -6.58. The zero-order valence-corrected chi connectivity index (χ0v) is 31.0. The van der Waals surface area contributed by atoms with E-state index in [1.807, 2.05) is 43.9 Å². The second-order valence-electron chi connectivity index (χ2n) is 13.6. The fourth-order valence-corrected chi connectivity index (χ4v) is 17.9.